The number of hydrogen-bond donors (Lipinski definition) is 1. The first kappa shape index (κ1) is 22.8. The predicted molar refractivity (Wildman–Crippen MR) is 135 cm³/mol. The van der Waals surface area contributed by atoms with Crippen LogP contribution in [0.2, 0.25) is 0 Å². The van der Waals surface area contributed by atoms with Crippen LogP contribution < -0.4 is 5.76 Å². The number of hydrogen-bond acceptors (Lipinski definition) is 5. The molecule has 1 aromatic heterocycles. The minimum Gasteiger partial charge on any atom is -0.408 e. The van der Waals surface area contributed by atoms with E-state index in [1.54, 1.807) is 18.2 Å². The van der Waals surface area contributed by atoms with Crippen LogP contribution in [0.5, 0.6) is 0 Å². The summed E-state index contributed by atoms with van der Waals surface area (Å²) in [6.07, 6.45) is 0.368. The summed E-state index contributed by atoms with van der Waals surface area (Å²) in [4.78, 5) is 43.7. The van der Waals surface area contributed by atoms with Crippen molar-refractivity contribution in [1.29, 1.82) is 0 Å². The van der Waals surface area contributed by atoms with E-state index in [1.165, 1.54) is 5.56 Å². The van der Waals surface area contributed by atoms with Gasteiger partial charge in [-0.3, -0.25) is 19.5 Å². The minimum absolute atomic E-state index is 0.00201. The van der Waals surface area contributed by atoms with Gasteiger partial charge in [0.2, 0.25) is 0 Å². The number of aryl methyl sites for hydroxylation is 1. The zero-order chi connectivity index (χ0) is 24.4. The number of oxazole rings is 1. The fraction of sp³-hybridized carbons (Fsp3) is 0.250. The first-order valence-corrected chi connectivity index (χ1v) is 11.8. The van der Waals surface area contributed by atoms with E-state index in [9.17, 15) is 14.4 Å². The van der Waals surface area contributed by atoms with Crippen molar-refractivity contribution in [1.82, 2.24) is 14.8 Å². The second kappa shape index (κ2) is 9.72. The topological polar surface area (TPSA) is 86.6 Å². The number of piperazine rings is 1. The molecule has 178 valence electrons. The summed E-state index contributed by atoms with van der Waals surface area (Å²) in [5, 5.41) is 0. The molecule has 0 atom stereocenters. The minimum atomic E-state index is -0.529. The van der Waals surface area contributed by atoms with Crippen molar-refractivity contribution >= 4 is 22.8 Å². The number of carbonyl (C=O) groups excluding carboxylic acids is 2. The highest BCUT2D eigenvalue weighted by Gasteiger charge is 2.23. The lowest BCUT2D eigenvalue weighted by molar-refractivity contribution is 0.0628. The van der Waals surface area contributed by atoms with Crippen molar-refractivity contribution in [3.05, 3.63) is 94.0 Å². The summed E-state index contributed by atoms with van der Waals surface area (Å²) >= 11 is 0. The molecular weight excluding hydrogens is 442 g/mol. The van der Waals surface area contributed by atoms with Gasteiger partial charge in [-0.1, -0.05) is 42.0 Å². The molecule has 0 unspecified atom stereocenters. The summed E-state index contributed by atoms with van der Waals surface area (Å²) < 4.78 is 5.05. The molecule has 0 radical (unpaired) electrons. The van der Waals surface area contributed by atoms with Crippen molar-refractivity contribution in [3.63, 3.8) is 0 Å². The van der Waals surface area contributed by atoms with Crippen molar-refractivity contribution in [3.8, 4) is 11.1 Å². The molecule has 5 rings (SSSR count). The van der Waals surface area contributed by atoms with Crippen molar-refractivity contribution in [2.45, 2.75) is 13.3 Å². The van der Waals surface area contributed by atoms with Crippen LogP contribution in [0.25, 0.3) is 22.2 Å². The Hall–Kier alpha value is -3.97. The van der Waals surface area contributed by atoms with Crippen LogP contribution in [0.3, 0.4) is 0 Å². The largest absolute Gasteiger partial charge is 0.417 e. The van der Waals surface area contributed by atoms with Gasteiger partial charge in [0.15, 0.2) is 11.4 Å². The molecule has 4 aromatic rings. The van der Waals surface area contributed by atoms with Crippen molar-refractivity contribution in [2.24, 2.45) is 0 Å². The van der Waals surface area contributed by atoms with Crippen LogP contribution in [-0.2, 0) is 0 Å². The number of nitrogens with zero attached hydrogens (tertiary/aromatic N) is 2. The van der Waals surface area contributed by atoms with Gasteiger partial charge in [-0.15, -0.1) is 0 Å². The van der Waals surface area contributed by atoms with Crippen LogP contribution in [-0.4, -0.2) is 59.2 Å². The Balaban J connectivity index is 1.15. The van der Waals surface area contributed by atoms with Gasteiger partial charge in [-0.2, -0.15) is 0 Å². The Bertz CT molecular complexity index is 1430. The number of aromatic amines is 1. The number of ketones is 1. The van der Waals surface area contributed by atoms with Gasteiger partial charge in [-0.25, -0.2) is 4.79 Å². The van der Waals surface area contributed by atoms with E-state index in [1.807, 2.05) is 29.2 Å². The molecule has 1 aliphatic rings. The molecule has 1 aliphatic heterocycles. The molecule has 1 amide bonds. The molecule has 0 saturated carbocycles. The van der Waals surface area contributed by atoms with E-state index in [0.29, 0.717) is 48.3 Å². The summed E-state index contributed by atoms with van der Waals surface area (Å²) in [6, 6.07) is 21.1. The maximum absolute atomic E-state index is 13.1. The Morgan fingerprint density at radius 3 is 2.43 bits per heavy atom. The molecule has 1 fully saturated rings. The van der Waals surface area contributed by atoms with Crippen LogP contribution in [0.4, 0.5) is 0 Å². The third kappa shape index (κ3) is 5.10. The number of fused-ring (bicyclic) bond motifs is 1. The zero-order valence-electron chi connectivity index (χ0n) is 19.6. The Morgan fingerprint density at radius 1 is 0.886 bits per heavy atom. The molecule has 0 bridgehead atoms. The van der Waals surface area contributed by atoms with Gasteiger partial charge in [0.05, 0.1) is 5.52 Å². The normalized spacial score (nSPS) is 14.4. The van der Waals surface area contributed by atoms with Gasteiger partial charge < -0.3 is 9.32 Å². The number of Topliss-reactive ketones (excluding diaryl/α,β-unsaturated/α-hetero) is 1. The first-order chi connectivity index (χ1) is 17.0. The van der Waals surface area contributed by atoms with Crippen molar-refractivity contribution in [2.75, 3.05) is 32.7 Å². The predicted octanol–water partition coefficient (Wildman–Crippen LogP) is 4.13. The van der Waals surface area contributed by atoms with E-state index < -0.39 is 5.76 Å². The summed E-state index contributed by atoms with van der Waals surface area (Å²) in [7, 11) is 0. The van der Waals surface area contributed by atoms with E-state index in [4.69, 9.17) is 4.42 Å². The zero-order valence-corrected chi connectivity index (χ0v) is 19.6. The van der Waals surface area contributed by atoms with Crippen molar-refractivity contribution < 1.29 is 14.0 Å². The number of benzene rings is 3. The van der Waals surface area contributed by atoms with Crippen LogP contribution in [0, 0.1) is 6.92 Å². The molecule has 35 heavy (non-hydrogen) atoms. The molecule has 1 saturated heterocycles. The van der Waals surface area contributed by atoms with E-state index in [-0.39, 0.29) is 11.7 Å². The third-order valence-corrected chi connectivity index (χ3v) is 6.55. The fourth-order valence-corrected chi connectivity index (χ4v) is 4.46. The summed E-state index contributed by atoms with van der Waals surface area (Å²) in [5.74, 6) is -0.489. The molecule has 0 aliphatic carbocycles. The summed E-state index contributed by atoms with van der Waals surface area (Å²) in [6.45, 7) is 5.39. The van der Waals surface area contributed by atoms with Crippen LogP contribution >= 0.6 is 0 Å². The lowest BCUT2D eigenvalue weighted by Crippen LogP contribution is -2.49. The highest BCUT2D eigenvalue weighted by molar-refractivity contribution is 5.98. The van der Waals surface area contributed by atoms with Crippen LogP contribution in [0.1, 0.15) is 32.7 Å². The van der Waals surface area contributed by atoms with E-state index in [2.05, 4.69) is 41.1 Å². The fourth-order valence-electron chi connectivity index (χ4n) is 4.46. The Morgan fingerprint density at radius 2 is 1.66 bits per heavy atom. The maximum atomic E-state index is 13.1. The van der Waals surface area contributed by atoms with Gasteiger partial charge in [-0.05, 0) is 48.4 Å². The van der Waals surface area contributed by atoms with Gasteiger partial charge in [0.25, 0.3) is 5.91 Å². The number of carbonyl (C=O) groups is 2. The number of amides is 1. The molecule has 0 spiro atoms. The lowest BCUT2D eigenvalue weighted by Gasteiger charge is -2.34. The first-order valence-electron chi connectivity index (χ1n) is 11.8. The molecule has 1 N–H and O–H groups in total. The highest BCUT2D eigenvalue weighted by Crippen LogP contribution is 2.22. The maximum Gasteiger partial charge on any atom is 0.417 e. The van der Waals surface area contributed by atoms with E-state index in [0.717, 1.165) is 24.2 Å². The third-order valence-electron chi connectivity index (χ3n) is 6.55. The molecule has 2 heterocycles. The standard InChI is InChI=1S/C28H27N3O4/c1-19-5-7-20(8-6-19)21-3-2-4-23(17-21)27(33)31-15-13-30(14-16-31)12-11-25(32)22-9-10-24-26(18-22)35-28(34)29-24/h2-10,17-18H,11-16H2,1H3,(H,29,34). The van der Waals surface area contributed by atoms with Gasteiger partial charge >= 0.3 is 5.76 Å². The van der Waals surface area contributed by atoms with E-state index >= 15 is 0 Å². The summed E-state index contributed by atoms with van der Waals surface area (Å²) in [5.41, 5.74) is 5.52. The van der Waals surface area contributed by atoms with Crippen LogP contribution in [0.15, 0.2) is 75.9 Å². The average Bonchev–Trinajstić information content (AvgIpc) is 3.27. The monoisotopic (exact) mass is 469 g/mol. The molecule has 7 heteroatoms. The Kier molecular flexibility index (Phi) is 6.33. The quantitative estimate of drug-likeness (QED) is 0.429. The molecule has 3 aromatic carbocycles. The smallest absolute Gasteiger partial charge is 0.408 e. The highest BCUT2D eigenvalue weighted by atomic mass is 16.4. The SMILES string of the molecule is Cc1ccc(-c2cccc(C(=O)N3CCN(CCC(=O)c4ccc5[nH]c(=O)oc5c4)CC3)c2)cc1. The average molecular weight is 470 g/mol. The number of rotatable bonds is 6. The molecule has 7 nitrogen and oxygen atoms in total. The second-order valence-corrected chi connectivity index (χ2v) is 8.98. The lowest BCUT2D eigenvalue weighted by atomic mass is 10.0. The number of H-pyrrole nitrogens is 1. The second-order valence-electron chi connectivity index (χ2n) is 8.98. The van der Waals surface area contributed by atoms with Gasteiger partial charge in [0.1, 0.15) is 0 Å². The molecular formula is C28H27N3O4. The van der Waals surface area contributed by atoms with Gasteiger partial charge in [0, 0.05) is 50.3 Å². The number of aromatic nitrogens is 1. The Labute approximate surface area is 203 Å². The number of nitrogens with one attached hydrogen (secondary N) is 1.